The van der Waals surface area contributed by atoms with Gasteiger partial charge in [-0.2, -0.15) is 0 Å². The van der Waals surface area contributed by atoms with Gasteiger partial charge >= 0.3 is 0 Å². The molecular formula is C55H38N2. The highest BCUT2D eigenvalue weighted by atomic mass is 14.9. The van der Waals surface area contributed by atoms with Crippen LogP contribution in [0.15, 0.2) is 194 Å². The first kappa shape index (κ1) is 33.2. The summed E-state index contributed by atoms with van der Waals surface area (Å²) in [6, 6.07) is 70.0. The van der Waals surface area contributed by atoms with Crippen LogP contribution in [0.5, 0.6) is 0 Å². The predicted octanol–water partition coefficient (Wildman–Crippen LogP) is 14.6. The lowest BCUT2D eigenvalue weighted by atomic mass is 9.77. The Morgan fingerprint density at radius 3 is 1.58 bits per heavy atom. The minimum Gasteiger partial charge on any atom is -0.228 e. The van der Waals surface area contributed by atoms with Crippen molar-refractivity contribution in [2.45, 2.75) is 19.3 Å². The number of aromatic nitrogens is 2. The van der Waals surface area contributed by atoms with E-state index in [1.54, 1.807) is 0 Å². The molecule has 9 aromatic carbocycles. The van der Waals surface area contributed by atoms with Crippen LogP contribution in [0.3, 0.4) is 0 Å². The summed E-state index contributed by atoms with van der Waals surface area (Å²) in [6.45, 7) is 4.78. The maximum atomic E-state index is 5.32. The summed E-state index contributed by atoms with van der Waals surface area (Å²) in [5, 5.41) is 7.42. The quantitative estimate of drug-likeness (QED) is 0.176. The zero-order valence-corrected chi connectivity index (χ0v) is 31.9. The standard InChI is InChI=1S/C55H38N2/c1-55(2)52-42-18-9-8-14-37(42)29-30-48(52)47-22-12-21-46(53(47)55)45-31-32-49(44-20-11-10-19-43(44)45)54-56-50(38-15-4-3-5-16-38)34-51(57-54)39-26-23-36(24-27-39)41-28-25-35-13-6-7-17-40(35)33-41/h3-34H,1-2H3. The largest absolute Gasteiger partial charge is 0.228 e. The lowest BCUT2D eigenvalue weighted by Gasteiger charge is -2.26. The van der Waals surface area contributed by atoms with Crippen LogP contribution < -0.4 is 0 Å². The summed E-state index contributed by atoms with van der Waals surface area (Å²) >= 11 is 0. The summed E-state index contributed by atoms with van der Waals surface area (Å²) in [6.07, 6.45) is 0. The molecule has 268 valence electrons. The predicted molar refractivity (Wildman–Crippen MR) is 239 cm³/mol. The molecule has 0 atom stereocenters. The molecule has 2 nitrogen and oxygen atoms in total. The molecule has 1 aromatic heterocycles. The lowest BCUT2D eigenvalue weighted by Crippen LogP contribution is -2.17. The van der Waals surface area contributed by atoms with Crippen LogP contribution in [-0.4, -0.2) is 9.97 Å². The van der Waals surface area contributed by atoms with Gasteiger partial charge < -0.3 is 0 Å². The van der Waals surface area contributed by atoms with Crippen LogP contribution in [0.4, 0.5) is 0 Å². The third kappa shape index (κ3) is 5.40. The fourth-order valence-electron chi connectivity index (χ4n) is 9.37. The van der Waals surface area contributed by atoms with Gasteiger partial charge in [0, 0.05) is 22.1 Å². The molecule has 1 aliphatic rings. The van der Waals surface area contributed by atoms with Crippen molar-refractivity contribution in [3.63, 3.8) is 0 Å². The van der Waals surface area contributed by atoms with Crippen LogP contribution in [-0.2, 0) is 5.41 Å². The molecule has 0 N–H and O–H groups in total. The molecular weight excluding hydrogens is 689 g/mol. The van der Waals surface area contributed by atoms with Gasteiger partial charge in [0.05, 0.1) is 11.4 Å². The van der Waals surface area contributed by atoms with E-state index in [0.29, 0.717) is 5.82 Å². The van der Waals surface area contributed by atoms with Crippen LogP contribution in [0, 0.1) is 0 Å². The molecule has 11 rings (SSSR count). The van der Waals surface area contributed by atoms with Crippen LogP contribution in [0.25, 0.3) is 99.6 Å². The van der Waals surface area contributed by atoms with Crippen LogP contribution in [0.2, 0.25) is 0 Å². The Hall–Kier alpha value is -7.16. The molecule has 1 aliphatic carbocycles. The van der Waals surface area contributed by atoms with Crippen molar-refractivity contribution in [1.82, 2.24) is 9.97 Å². The second-order valence-corrected chi connectivity index (χ2v) is 15.7. The third-order valence-corrected chi connectivity index (χ3v) is 12.0. The number of benzene rings is 9. The molecule has 57 heavy (non-hydrogen) atoms. The Balaban J connectivity index is 1.05. The lowest BCUT2D eigenvalue weighted by molar-refractivity contribution is 0.668. The summed E-state index contributed by atoms with van der Waals surface area (Å²) in [5.41, 5.74) is 15.0. The second-order valence-electron chi connectivity index (χ2n) is 15.7. The number of fused-ring (bicyclic) bond motifs is 7. The topological polar surface area (TPSA) is 25.8 Å². The van der Waals surface area contributed by atoms with E-state index in [1.165, 1.54) is 71.4 Å². The molecule has 0 aliphatic heterocycles. The van der Waals surface area contributed by atoms with Crippen LogP contribution in [0.1, 0.15) is 25.0 Å². The van der Waals surface area contributed by atoms with Crippen LogP contribution >= 0.6 is 0 Å². The molecule has 10 aromatic rings. The summed E-state index contributed by atoms with van der Waals surface area (Å²) in [4.78, 5) is 10.6. The molecule has 0 saturated heterocycles. The first-order valence-electron chi connectivity index (χ1n) is 19.7. The van der Waals surface area contributed by atoms with E-state index in [2.05, 4.69) is 202 Å². The van der Waals surface area contributed by atoms with E-state index in [0.717, 1.165) is 33.5 Å². The van der Waals surface area contributed by atoms with Crippen molar-refractivity contribution in [2.75, 3.05) is 0 Å². The first-order valence-corrected chi connectivity index (χ1v) is 19.7. The Morgan fingerprint density at radius 1 is 0.316 bits per heavy atom. The van der Waals surface area contributed by atoms with Crippen molar-refractivity contribution in [3.05, 3.63) is 205 Å². The van der Waals surface area contributed by atoms with E-state index >= 15 is 0 Å². The second kappa shape index (κ2) is 13.0. The molecule has 0 amide bonds. The minimum atomic E-state index is -0.187. The number of rotatable bonds is 5. The Kier molecular flexibility index (Phi) is 7.55. The SMILES string of the molecule is CC1(C)c2c(cccc2-c2ccc(-c3nc(-c4ccccc4)cc(-c4ccc(-c5ccc6ccccc6c5)cc4)n3)c3ccccc23)-c2ccc3ccccc3c21. The number of hydrogen-bond donors (Lipinski definition) is 0. The highest BCUT2D eigenvalue weighted by Crippen LogP contribution is 2.55. The van der Waals surface area contributed by atoms with Crippen molar-refractivity contribution >= 4 is 32.3 Å². The van der Waals surface area contributed by atoms with Crippen molar-refractivity contribution < 1.29 is 0 Å². The van der Waals surface area contributed by atoms with E-state index in [4.69, 9.17) is 9.97 Å². The molecule has 0 spiro atoms. The Bertz CT molecular complexity index is 3190. The van der Waals surface area contributed by atoms with Gasteiger partial charge in [0.1, 0.15) is 0 Å². The molecule has 2 heteroatoms. The molecule has 0 bridgehead atoms. The van der Waals surface area contributed by atoms with Crippen molar-refractivity contribution in [1.29, 1.82) is 0 Å². The third-order valence-electron chi connectivity index (χ3n) is 12.0. The van der Waals surface area contributed by atoms with E-state index in [1.807, 2.05) is 6.07 Å². The Labute approximate surface area is 332 Å². The van der Waals surface area contributed by atoms with E-state index < -0.39 is 0 Å². The summed E-state index contributed by atoms with van der Waals surface area (Å²) < 4.78 is 0. The number of nitrogens with zero attached hydrogens (tertiary/aromatic N) is 2. The maximum Gasteiger partial charge on any atom is 0.161 e. The van der Waals surface area contributed by atoms with Gasteiger partial charge in [-0.3, -0.25) is 0 Å². The van der Waals surface area contributed by atoms with Gasteiger partial charge in [0.25, 0.3) is 0 Å². The average Bonchev–Trinajstić information content (AvgIpc) is 3.52. The smallest absolute Gasteiger partial charge is 0.161 e. The van der Waals surface area contributed by atoms with Gasteiger partial charge in [-0.15, -0.1) is 0 Å². The summed E-state index contributed by atoms with van der Waals surface area (Å²) in [7, 11) is 0. The molecule has 1 heterocycles. The summed E-state index contributed by atoms with van der Waals surface area (Å²) in [5.74, 6) is 0.713. The highest BCUT2D eigenvalue weighted by Gasteiger charge is 2.39. The van der Waals surface area contributed by atoms with Gasteiger partial charge in [-0.1, -0.05) is 190 Å². The fourth-order valence-corrected chi connectivity index (χ4v) is 9.37. The fraction of sp³-hybridized carbons (Fsp3) is 0.0545. The zero-order valence-electron chi connectivity index (χ0n) is 31.9. The monoisotopic (exact) mass is 726 g/mol. The Morgan fingerprint density at radius 2 is 0.825 bits per heavy atom. The van der Waals surface area contributed by atoms with Gasteiger partial charge in [-0.25, -0.2) is 9.97 Å². The van der Waals surface area contributed by atoms with Gasteiger partial charge in [0.2, 0.25) is 0 Å². The van der Waals surface area contributed by atoms with Gasteiger partial charge in [-0.05, 0) is 95.0 Å². The normalized spacial score (nSPS) is 12.9. The van der Waals surface area contributed by atoms with Gasteiger partial charge in [0.15, 0.2) is 5.82 Å². The van der Waals surface area contributed by atoms with E-state index in [9.17, 15) is 0 Å². The first-order chi connectivity index (χ1) is 28.0. The molecule has 0 radical (unpaired) electrons. The minimum absolute atomic E-state index is 0.187. The van der Waals surface area contributed by atoms with Crippen molar-refractivity contribution in [3.8, 4) is 67.3 Å². The maximum absolute atomic E-state index is 5.32. The molecule has 0 unspecified atom stereocenters. The zero-order chi connectivity index (χ0) is 38.1. The molecule has 0 saturated carbocycles. The van der Waals surface area contributed by atoms with Crippen molar-refractivity contribution in [2.24, 2.45) is 0 Å². The number of hydrogen-bond acceptors (Lipinski definition) is 2. The van der Waals surface area contributed by atoms with E-state index in [-0.39, 0.29) is 5.41 Å². The average molecular weight is 727 g/mol. The highest BCUT2D eigenvalue weighted by molar-refractivity contribution is 6.07. The molecule has 0 fully saturated rings.